The van der Waals surface area contributed by atoms with Gasteiger partial charge >= 0.3 is 0 Å². The van der Waals surface area contributed by atoms with Crippen LogP contribution in [0.3, 0.4) is 0 Å². The third-order valence-electron chi connectivity index (χ3n) is 3.58. The summed E-state index contributed by atoms with van der Waals surface area (Å²) in [5.74, 6) is 0.120. The summed E-state index contributed by atoms with van der Waals surface area (Å²) in [5.41, 5.74) is 4.32. The summed E-state index contributed by atoms with van der Waals surface area (Å²) in [4.78, 5) is 14.3. The van der Waals surface area contributed by atoms with Crippen LogP contribution in [0, 0.1) is 13.8 Å². The fourth-order valence-corrected chi connectivity index (χ4v) is 2.62. The molecule has 2 aromatic rings. The van der Waals surface area contributed by atoms with Crippen molar-refractivity contribution in [2.45, 2.75) is 20.3 Å². The summed E-state index contributed by atoms with van der Waals surface area (Å²) in [7, 11) is 2.02. The van der Waals surface area contributed by atoms with Crippen molar-refractivity contribution in [2.75, 3.05) is 18.5 Å². The van der Waals surface area contributed by atoms with Gasteiger partial charge in [0.2, 0.25) is 0 Å². The van der Waals surface area contributed by atoms with Gasteiger partial charge in [0.05, 0.1) is 0 Å². The zero-order chi connectivity index (χ0) is 15.4. The van der Waals surface area contributed by atoms with Gasteiger partial charge in [-0.3, -0.25) is 4.79 Å². The number of carbonyl (C=O) groups excluding carboxylic acids is 1. The van der Waals surface area contributed by atoms with Crippen LogP contribution in [0.2, 0.25) is 5.02 Å². The molecule has 0 amide bonds. The first-order valence-electron chi connectivity index (χ1n) is 7.04. The van der Waals surface area contributed by atoms with Gasteiger partial charge < -0.3 is 4.90 Å². The van der Waals surface area contributed by atoms with Crippen molar-refractivity contribution >= 4 is 23.1 Å². The van der Waals surface area contributed by atoms with E-state index in [1.165, 1.54) is 16.8 Å². The Bertz CT molecular complexity index is 651. The second-order valence-corrected chi connectivity index (χ2v) is 5.83. The molecule has 0 heterocycles. The number of hydrogen-bond donors (Lipinski definition) is 0. The minimum absolute atomic E-state index is 0.120. The maximum Gasteiger partial charge on any atom is 0.164 e. The van der Waals surface area contributed by atoms with Crippen LogP contribution in [0.25, 0.3) is 0 Å². The molecule has 0 saturated carbocycles. The van der Waals surface area contributed by atoms with E-state index in [-0.39, 0.29) is 5.78 Å². The molecule has 0 N–H and O–H groups in total. The van der Waals surface area contributed by atoms with E-state index in [0.29, 0.717) is 23.6 Å². The molecule has 0 aliphatic carbocycles. The topological polar surface area (TPSA) is 20.3 Å². The van der Waals surface area contributed by atoms with Crippen LogP contribution in [0.4, 0.5) is 5.69 Å². The molecule has 0 unspecified atom stereocenters. The third-order valence-corrected chi connectivity index (χ3v) is 3.82. The summed E-state index contributed by atoms with van der Waals surface area (Å²) in [6.45, 7) is 4.87. The normalized spacial score (nSPS) is 10.5. The van der Waals surface area contributed by atoms with E-state index in [9.17, 15) is 4.79 Å². The number of rotatable bonds is 5. The predicted octanol–water partition coefficient (Wildman–Crippen LogP) is 4.67. The Kier molecular flexibility index (Phi) is 5.03. The van der Waals surface area contributed by atoms with E-state index in [4.69, 9.17) is 11.6 Å². The number of ketones is 1. The molecule has 0 aromatic heterocycles. The minimum Gasteiger partial charge on any atom is -0.374 e. The Morgan fingerprint density at radius 2 is 1.90 bits per heavy atom. The van der Waals surface area contributed by atoms with Crippen molar-refractivity contribution in [1.29, 1.82) is 0 Å². The maximum atomic E-state index is 12.2. The van der Waals surface area contributed by atoms with Gasteiger partial charge in [-0.05, 0) is 37.6 Å². The molecule has 0 atom stereocenters. The third kappa shape index (κ3) is 4.08. The standard InChI is InChI=1S/C18H20ClNO/c1-13-7-8-17(14(2)11-13)20(3)10-9-18(21)15-5-4-6-16(19)12-15/h4-8,11-12H,9-10H2,1-3H3. The van der Waals surface area contributed by atoms with Gasteiger partial charge in [-0.1, -0.05) is 41.4 Å². The van der Waals surface area contributed by atoms with E-state index in [0.717, 1.165) is 0 Å². The largest absolute Gasteiger partial charge is 0.374 e. The van der Waals surface area contributed by atoms with Crippen LogP contribution in [0.1, 0.15) is 27.9 Å². The Hall–Kier alpha value is -1.80. The summed E-state index contributed by atoms with van der Waals surface area (Å²) < 4.78 is 0. The summed E-state index contributed by atoms with van der Waals surface area (Å²) in [5, 5.41) is 0.601. The second kappa shape index (κ2) is 6.77. The number of benzene rings is 2. The lowest BCUT2D eigenvalue weighted by molar-refractivity contribution is 0.0985. The number of Topliss-reactive ketones (excluding diaryl/α,β-unsaturated/α-hetero) is 1. The highest BCUT2D eigenvalue weighted by atomic mass is 35.5. The van der Waals surface area contributed by atoms with Crippen LogP contribution >= 0.6 is 11.6 Å². The molecule has 3 heteroatoms. The number of carbonyl (C=O) groups is 1. The van der Waals surface area contributed by atoms with Gasteiger partial charge in [0.1, 0.15) is 0 Å². The van der Waals surface area contributed by atoms with E-state index in [1.807, 2.05) is 19.2 Å². The number of aryl methyl sites for hydroxylation is 2. The lowest BCUT2D eigenvalue weighted by Gasteiger charge is -2.21. The minimum atomic E-state index is 0.120. The maximum absolute atomic E-state index is 12.2. The molecule has 0 saturated heterocycles. The molecule has 0 aliphatic rings. The first kappa shape index (κ1) is 15.6. The highest BCUT2D eigenvalue weighted by Crippen LogP contribution is 2.20. The summed E-state index contributed by atoms with van der Waals surface area (Å²) in [6, 6.07) is 13.5. The average Bonchev–Trinajstić information content (AvgIpc) is 2.44. The number of nitrogens with zero attached hydrogens (tertiary/aromatic N) is 1. The van der Waals surface area contributed by atoms with Crippen molar-refractivity contribution in [3.05, 3.63) is 64.2 Å². The molecule has 0 fully saturated rings. The van der Waals surface area contributed by atoms with Crippen molar-refractivity contribution in [3.63, 3.8) is 0 Å². The van der Waals surface area contributed by atoms with Crippen LogP contribution in [0.5, 0.6) is 0 Å². The zero-order valence-electron chi connectivity index (χ0n) is 12.7. The predicted molar refractivity (Wildman–Crippen MR) is 89.6 cm³/mol. The Morgan fingerprint density at radius 3 is 2.57 bits per heavy atom. The van der Waals surface area contributed by atoms with Crippen LogP contribution in [-0.4, -0.2) is 19.4 Å². The second-order valence-electron chi connectivity index (χ2n) is 5.40. The smallest absolute Gasteiger partial charge is 0.164 e. The number of hydrogen-bond acceptors (Lipinski definition) is 2. The fourth-order valence-electron chi connectivity index (χ4n) is 2.43. The molecule has 0 spiro atoms. The molecule has 0 aliphatic heterocycles. The van der Waals surface area contributed by atoms with Gasteiger partial charge in [-0.15, -0.1) is 0 Å². The molecule has 2 aromatic carbocycles. The molecule has 2 nitrogen and oxygen atoms in total. The van der Waals surface area contributed by atoms with E-state index < -0.39 is 0 Å². The average molecular weight is 302 g/mol. The zero-order valence-corrected chi connectivity index (χ0v) is 13.4. The molecular weight excluding hydrogens is 282 g/mol. The molecule has 0 radical (unpaired) electrons. The summed E-state index contributed by atoms with van der Waals surface area (Å²) >= 11 is 5.92. The first-order valence-corrected chi connectivity index (χ1v) is 7.42. The van der Waals surface area contributed by atoms with E-state index in [2.05, 4.69) is 36.9 Å². The molecule has 21 heavy (non-hydrogen) atoms. The van der Waals surface area contributed by atoms with Gasteiger partial charge in [0.15, 0.2) is 5.78 Å². The Balaban J connectivity index is 2.00. The Morgan fingerprint density at radius 1 is 1.14 bits per heavy atom. The van der Waals surface area contributed by atoms with Gasteiger partial charge in [0, 0.05) is 36.3 Å². The van der Waals surface area contributed by atoms with Crippen LogP contribution in [0.15, 0.2) is 42.5 Å². The molecule has 0 bridgehead atoms. The Labute approximate surface area is 131 Å². The van der Waals surface area contributed by atoms with E-state index >= 15 is 0 Å². The molecule has 110 valence electrons. The first-order chi connectivity index (χ1) is 9.97. The van der Waals surface area contributed by atoms with E-state index in [1.54, 1.807) is 12.1 Å². The lowest BCUT2D eigenvalue weighted by atomic mass is 10.1. The lowest BCUT2D eigenvalue weighted by Crippen LogP contribution is -2.22. The van der Waals surface area contributed by atoms with Crippen molar-refractivity contribution in [3.8, 4) is 0 Å². The van der Waals surface area contributed by atoms with Crippen molar-refractivity contribution in [1.82, 2.24) is 0 Å². The highest BCUT2D eigenvalue weighted by Gasteiger charge is 2.10. The SMILES string of the molecule is Cc1ccc(N(C)CCC(=O)c2cccc(Cl)c2)c(C)c1. The quantitative estimate of drug-likeness (QED) is 0.748. The van der Waals surface area contributed by atoms with Crippen molar-refractivity contribution < 1.29 is 4.79 Å². The molecular formula is C18H20ClNO. The van der Waals surface area contributed by atoms with Gasteiger partial charge in [0.25, 0.3) is 0 Å². The number of halogens is 1. The van der Waals surface area contributed by atoms with Gasteiger partial charge in [-0.2, -0.15) is 0 Å². The summed E-state index contributed by atoms with van der Waals surface area (Å²) in [6.07, 6.45) is 0.476. The number of anilines is 1. The monoisotopic (exact) mass is 301 g/mol. The van der Waals surface area contributed by atoms with Crippen LogP contribution in [-0.2, 0) is 0 Å². The van der Waals surface area contributed by atoms with Gasteiger partial charge in [-0.25, -0.2) is 0 Å². The highest BCUT2D eigenvalue weighted by molar-refractivity contribution is 6.31. The fraction of sp³-hybridized carbons (Fsp3) is 0.278. The van der Waals surface area contributed by atoms with Crippen molar-refractivity contribution in [2.24, 2.45) is 0 Å². The van der Waals surface area contributed by atoms with Crippen LogP contribution < -0.4 is 4.90 Å². The molecule has 2 rings (SSSR count).